The highest BCUT2D eigenvalue weighted by Gasteiger charge is 2.52. The van der Waals surface area contributed by atoms with Crippen LogP contribution in [0.5, 0.6) is 0 Å². The van der Waals surface area contributed by atoms with Crippen LogP contribution in [0.2, 0.25) is 0 Å². The van der Waals surface area contributed by atoms with Gasteiger partial charge >= 0.3 is 7.12 Å². The summed E-state index contributed by atoms with van der Waals surface area (Å²) in [6, 6.07) is 17.2. The number of fused-ring (bicyclic) bond motifs is 5. The molecular weight excluding hydrogens is 333 g/mol. The fourth-order valence-electron chi connectivity index (χ4n) is 3.96. The molecule has 4 aromatic rings. The summed E-state index contributed by atoms with van der Waals surface area (Å²) in [7, 11) is -0.405. The summed E-state index contributed by atoms with van der Waals surface area (Å²) in [5.74, 6) is 0. The normalized spacial score (nSPS) is 18.6. The summed E-state index contributed by atoms with van der Waals surface area (Å²) < 4.78 is 12.7. The van der Waals surface area contributed by atoms with Crippen LogP contribution < -0.4 is 5.46 Å². The summed E-state index contributed by atoms with van der Waals surface area (Å²) in [5.41, 5.74) is 0.300. The minimum atomic E-state index is -0.405. The topological polar surface area (TPSA) is 31.4 Å². The molecule has 1 saturated heterocycles. The molecule has 0 N–H and O–H groups in total. The summed E-state index contributed by atoms with van der Waals surface area (Å²) in [4.78, 5) is 4.39. The van der Waals surface area contributed by atoms with E-state index in [0.29, 0.717) is 0 Å². The Hall–Kier alpha value is -2.43. The molecule has 5 rings (SSSR count). The predicted molar refractivity (Wildman–Crippen MR) is 112 cm³/mol. The van der Waals surface area contributed by atoms with E-state index < -0.39 is 7.12 Å². The first-order chi connectivity index (χ1) is 12.9. The van der Waals surface area contributed by atoms with Crippen molar-refractivity contribution in [2.45, 2.75) is 38.9 Å². The highest BCUT2D eigenvalue weighted by atomic mass is 16.7. The van der Waals surface area contributed by atoms with E-state index in [1.54, 1.807) is 0 Å². The lowest BCUT2D eigenvalue weighted by Gasteiger charge is -2.32. The van der Waals surface area contributed by atoms with Crippen LogP contribution in [0.15, 0.2) is 60.9 Å². The average molecular weight is 355 g/mol. The highest BCUT2D eigenvalue weighted by molar-refractivity contribution is 6.66. The fourth-order valence-corrected chi connectivity index (χ4v) is 3.96. The number of aromatic nitrogens is 1. The second-order valence-electron chi connectivity index (χ2n) is 8.36. The molecular formula is C23H22BNO2. The van der Waals surface area contributed by atoms with Crippen molar-refractivity contribution >= 4 is 44.9 Å². The summed E-state index contributed by atoms with van der Waals surface area (Å²) in [6.07, 6.45) is 3.79. The number of hydrogen-bond acceptors (Lipinski definition) is 3. The van der Waals surface area contributed by atoms with E-state index in [4.69, 9.17) is 9.31 Å². The van der Waals surface area contributed by atoms with Crippen LogP contribution in [0.3, 0.4) is 0 Å². The number of pyridine rings is 1. The summed E-state index contributed by atoms with van der Waals surface area (Å²) in [5, 5.41) is 7.21. The molecule has 1 aliphatic heterocycles. The largest absolute Gasteiger partial charge is 0.495 e. The minimum absolute atomic E-state index is 0.370. The molecule has 0 amide bonds. The van der Waals surface area contributed by atoms with Crippen molar-refractivity contribution in [1.82, 2.24) is 4.98 Å². The first-order valence-electron chi connectivity index (χ1n) is 9.41. The Balaban J connectivity index is 1.83. The number of hydrogen-bond donors (Lipinski definition) is 0. The van der Waals surface area contributed by atoms with Crippen molar-refractivity contribution < 1.29 is 9.31 Å². The number of benzene rings is 3. The van der Waals surface area contributed by atoms with Crippen LogP contribution in [0.4, 0.5) is 0 Å². The zero-order chi connectivity index (χ0) is 18.8. The second kappa shape index (κ2) is 5.54. The maximum absolute atomic E-state index is 6.34. The summed E-state index contributed by atoms with van der Waals surface area (Å²) in [6.45, 7) is 8.34. The molecule has 2 heterocycles. The molecule has 0 radical (unpaired) electrons. The van der Waals surface area contributed by atoms with Crippen LogP contribution in [0.25, 0.3) is 32.3 Å². The molecule has 0 atom stereocenters. The molecule has 0 bridgehead atoms. The Morgan fingerprint density at radius 3 is 2.26 bits per heavy atom. The van der Waals surface area contributed by atoms with Gasteiger partial charge in [0.05, 0.1) is 11.2 Å². The monoisotopic (exact) mass is 355 g/mol. The van der Waals surface area contributed by atoms with Crippen molar-refractivity contribution in [3.05, 3.63) is 60.9 Å². The molecule has 134 valence electrons. The van der Waals surface area contributed by atoms with E-state index in [9.17, 15) is 0 Å². The van der Waals surface area contributed by atoms with Crippen LogP contribution >= 0.6 is 0 Å². The maximum Gasteiger partial charge on any atom is 0.495 e. The van der Waals surface area contributed by atoms with Crippen molar-refractivity contribution in [3.8, 4) is 0 Å². The van der Waals surface area contributed by atoms with E-state index in [1.165, 1.54) is 26.9 Å². The highest BCUT2D eigenvalue weighted by Crippen LogP contribution is 2.38. The Morgan fingerprint density at radius 2 is 1.48 bits per heavy atom. The van der Waals surface area contributed by atoms with Crippen molar-refractivity contribution in [1.29, 1.82) is 0 Å². The van der Waals surface area contributed by atoms with Crippen molar-refractivity contribution in [2.24, 2.45) is 0 Å². The van der Waals surface area contributed by atoms with Gasteiger partial charge in [0.2, 0.25) is 0 Å². The molecule has 0 unspecified atom stereocenters. The van der Waals surface area contributed by atoms with Gasteiger partial charge in [0, 0.05) is 17.8 Å². The Kier molecular flexibility index (Phi) is 3.43. The zero-order valence-electron chi connectivity index (χ0n) is 16.1. The lowest BCUT2D eigenvalue weighted by Crippen LogP contribution is -2.41. The quantitative estimate of drug-likeness (QED) is 0.362. The van der Waals surface area contributed by atoms with Gasteiger partial charge in [-0.25, -0.2) is 0 Å². The average Bonchev–Trinajstić information content (AvgIpc) is 2.88. The van der Waals surface area contributed by atoms with Crippen LogP contribution in [0.1, 0.15) is 27.7 Å². The Labute approximate surface area is 159 Å². The van der Waals surface area contributed by atoms with Crippen molar-refractivity contribution in [2.75, 3.05) is 0 Å². The summed E-state index contributed by atoms with van der Waals surface area (Å²) >= 11 is 0. The molecule has 3 nitrogen and oxygen atoms in total. The van der Waals surface area contributed by atoms with E-state index in [1.807, 2.05) is 12.4 Å². The lowest BCUT2D eigenvalue weighted by atomic mass is 9.75. The van der Waals surface area contributed by atoms with Crippen LogP contribution in [-0.2, 0) is 9.31 Å². The fraction of sp³-hybridized carbons (Fsp3) is 0.261. The van der Waals surface area contributed by atoms with Gasteiger partial charge in [0.1, 0.15) is 0 Å². The molecule has 27 heavy (non-hydrogen) atoms. The Bertz CT molecular complexity index is 1180. The molecule has 1 aliphatic rings. The second-order valence-corrected chi connectivity index (χ2v) is 8.36. The lowest BCUT2D eigenvalue weighted by molar-refractivity contribution is 0.00578. The first kappa shape index (κ1) is 16.7. The molecule has 0 saturated carbocycles. The van der Waals surface area contributed by atoms with Crippen LogP contribution in [0, 0.1) is 0 Å². The van der Waals surface area contributed by atoms with Gasteiger partial charge in [-0.1, -0.05) is 42.5 Å². The third kappa shape index (κ3) is 2.40. The SMILES string of the molecule is CC1(C)OB(c2cc3ccc4ccccc4c3c3ccncc23)OC1(C)C. The standard InChI is InChI=1S/C23H22BNO2/c1-22(2)23(3,4)27-24(26-22)20-13-16-10-9-15-7-5-6-8-17(15)21(16)18-11-12-25-14-19(18)20/h5-14H,1-4H3. The Morgan fingerprint density at radius 1 is 0.778 bits per heavy atom. The molecule has 4 heteroatoms. The van der Waals surface area contributed by atoms with Gasteiger partial charge < -0.3 is 9.31 Å². The maximum atomic E-state index is 6.34. The van der Waals surface area contributed by atoms with Gasteiger partial charge in [-0.3, -0.25) is 4.98 Å². The molecule has 1 fully saturated rings. The van der Waals surface area contributed by atoms with Gasteiger partial charge in [0.25, 0.3) is 0 Å². The van der Waals surface area contributed by atoms with Crippen LogP contribution in [-0.4, -0.2) is 23.3 Å². The predicted octanol–water partition coefficient (Wildman–Crippen LogP) is 4.84. The number of rotatable bonds is 1. The van der Waals surface area contributed by atoms with Gasteiger partial charge in [-0.05, 0) is 66.2 Å². The molecule has 1 aromatic heterocycles. The van der Waals surface area contributed by atoms with Gasteiger partial charge in [0.15, 0.2) is 0 Å². The first-order valence-corrected chi connectivity index (χ1v) is 9.41. The number of nitrogens with zero attached hydrogens (tertiary/aromatic N) is 1. The molecule has 0 spiro atoms. The molecule has 0 aliphatic carbocycles. The van der Waals surface area contributed by atoms with E-state index in [2.05, 4.69) is 81.2 Å². The van der Waals surface area contributed by atoms with Crippen molar-refractivity contribution in [3.63, 3.8) is 0 Å². The molecule has 3 aromatic carbocycles. The van der Waals surface area contributed by atoms with Gasteiger partial charge in [-0.2, -0.15) is 0 Å². The minimum Gasteiger partial charge on any atom is -0.399 e. The van der Waals surface area contributed by atoms with E-state index in [0.717, 1.165) is 10.8 Å². The van der Waals surface area contributed by atoms with E-state index in [-0.39, 0.29) is 11.2 Å². The third-order valence-electron chi connectivity index (χ3n) is 6.18. The van der Waals surface area contributed by atoms with Gasteiger partial charge in [-0.15, -0.1) is 0 Å². The third-order valence-corrected chi connectivity index (χ3v) is 6.18. The smallest absolute Gasteiger partial charge is 0.399 e. The zero-order valence-corrected chi connectivity index (χ0v) is 16.1. The van der Waals surface area contributed by atoms with E-state index >= 15 is 0 Å².